The molecule has 2 rings (SSSR count). The Bertz CT molecular complexity index is 794. The lowest BCUT2D eigenvalue weighted by atomic mass is 10.0. The van der Waals surface area contributed by atoms with Crippen molar-refractivity contribution in [2.75, 3.05) is 13.7 Å². The fraction of sp³-hybridized carbons (Fsp3) is 0.333. The van der Waals surface area contributed by atoms with E-state index in [9.17, 15) is 15.2 Å². The van der Waals surface area contributed by atoms with Crippen molar-refractivity contribution >= 4 is 6.08 Å². The maximum Gasteiger partial charge on any atom is 0.207 e. The number of nitrogens with zero attached hydrogens (tertiary/aromatic N) is 1. The van der Waals surface area contributed by atoms with E-state index in [-0.39, 0.29) is 17.9 Å². The first-order chi connectivity index (χ1) is 12.8. The highest BCUT2D eigenvalue weighted by atomic mass is 16.6. The van der Waals surface area contributed by atoms with E-state index in [1.165, 1.54) is 7.11 Å². The standard InChI is InChI=1S/C21H25NO5/c1-21(2,23)11-9-17-14-20(27-15-16-7-5-4-6-8-16)19(26-3)13-18(17)10-12-22(24)25/h4-9,11,13-14,23H,10,12,15H2,1-3H3/b11-9+. The van der Waals surface area contributed by atoms with Gasteiger partial charge in [-0.15, -0.1) is 0 Å². The molecule has 0 radical (unpaired) electrons. The van der Waals surface area contributed by atoms with Crippen molar-refractivity contribution in [3.8, 4) is 11.5 Å². The molecule has 0 fully saturated rings. The molecule has 0 saturated heterocycles. The molecule has 2 aromatic rings. The molecule has 0 aliphatic rings. The predicted molar refractivity (Wildman–Crippen MR) is 105 cm³/mol. The van der Waals surface area contributed by atoms with Crippen LogP contribution in [0.5, 0.6) is 11.5 Å². The van der Waals surface area contributed by atoms with Crippen molar-refractivity contribution in [1.29, 1.82) is 0 Å². The SMILES string of the molecule is COc1cc(CC[N+](=O)[O-])c(/C=C/C(C)(C)O)cc1OCc1ccccc1. The minimum Gasteiger partial charge on any atom is -0.493 e. The predicted octanol–water partition coefficient (Wildman–Crippen LogP) is 3.88. The quantitative estimate of drug-likeness (QED) is 0.534. The molecule has 0 atom stereocenters. The Balaban J connectivity index is 2.34. The topological polar surface area (TPSA) is 81.8 Å². The first-order valence-electron chi connectivity index (χ1n) is 8.69. The molecule has 6 heteroatoms. The van der Waals surface area contributed by atoms with Gasteiger partial charge in [-0.2, -0.15) is 0 Å². The molecule has 0 bridgehead atoms. The Morgan fingerprint density at radius 2 is 1.89 bits per heavy atom. The van der Waals surface area contributed by atoms with E-state index >= 15 is 0 Å². The van der Waals surface area contributed by atoms with Gasteiger partial charge in [-0.25, -0.2) is 0 Å². The zero-order chi connectivity index (χ0) is 19.9. The summed E-state index contributed by atoms with van der Waals surface area (Å²) in [5.41, 5.74) is 1.54. The smallest absolute Gasteiger partial charge is 0.207 e. The Hall–Kier alpha value is -2.86. The third-order valence-electron chi connectivity index (χ3n) is 3.90. The number of hydrogen-bond donors (Lipinski definition) is 1. The van der Waals surface area contributed by atoms with Crippen molar-refractivity contribution in [1.82, 2.24) is 0 Å². The molecule has 0 saturated carbocycles. The summed E-state index contributed by atoms with van der Waals surface area (Å²) in [5.74, 6) is 1.06. The van der Waals surface area contributed by atoms with Gasteiger partial charge in [0.25, 0.3) is 0 Å². The monoisotopic (exact) mass is 371 g/mol. The maximum absolute atomic E-state index is 10.8. The van der Waals surface area contributed by atoms with Crippen LogP contribution in [0.25, 0.3) is 6.08 Å². The van der Waals surface area contributed by atoms with Gasteiger partial charge in [0.1, 0.15) is 6.61 Å². The first kappa shape index (κ1) is 20.5. The normalized spacial score (nSPS) is 11.6. The molecule has 0 aliphatic carbocycles. The van der Waals surface area contributed by atoms with Crippen molar-refractivity contribution < 1.29 is 19.5 Å². The van der Waals surface area contributed by atoms with E-state index in [1.807, 2.05) is 30.3 Å². The molecule has 0 spiro atoms. The van der Waals surface area contributed by atoms with Crippen LogP contribution in [-0.4, -0.2) is 29.3 Å². The fourth-order valence-electron chi connectivity index (χ4n) is 2.50. The summed E-state index contributed by atoms with van der Waals surface area (Å²) in [6, 6.07) is 13.3. The summed E-state index contributed by atoms with van der Waals surface area (Å²) >= 11 is 0. The van der Waals surface area contributed by atoms with Gasteiger partial charge >= 0.3 is 0 Å². The number of rotatable bonds is 9. The van der Waals surface area contributed by atoms with E-state index < -0.39 is 5.60 Å². The Kier molecular flexibility index (Phi) is 6.96. The highest BCUT2D eigenvalue weighted by Gasteiger charge is 2.14. The number of hydrogen-bond acceptors (Lipinski definition) is 5. The zero-order valence-electron chi connectivity index (χ0n) is 15.8. The summed E-state index contributed by atoms with van der Waals surface area (Å²) in [5, 5.41) is 20.7. The van der Waals surface area contributed by atoms with Crippen LogP contribution in [0, 0.1) is 10.1 Å². The highest BCUT2D eigenvalue weighted by molar-refractivity contribution is 5.61. The van der Waals surface area contributed by atoms with Crippen LogP contribution < -0.4 is 9.47 Å². The van der Waals surface area contributed by atoms with Crippen molar-refractivity contribution in [2.24, 2.45) is 0 Å². The molecule has 0 aliphatic heterocycles. The minimum absolute atomic E-state index is 0.184. The first-order valence-corrected chi connectivity index (χ1v) is 8.69. The fourth-order valence-corrected chi connectivity index (χ4v) is 2.50. The van der Waals surface area contributed by atoms with Crippen LogP contribution >= 0.6 is 0 Å². The average molecular weight is 371 g/mol. The van der Waals surface area contributed by atoms with Gasteiger partial charge in [0.2, 0.25) is 6.54 Å². The molecular formula is C21H25NO5. The largest absolute Gasteiger partial charge is 0.493 e. The van der Waals surface area contributed by atoms with E-state index in [1.54, 1.807) is 38.1 Å². The average Bonchev–Trinajstić information content (AvgIpc) is 2.63. The van der Waals surface area contributed by atoms with E-state index in [0.29, 0.717) is 18.1 Å². The van der Waals surface area contributed by atoms with Crippen LogP contribution in [0.1, 0.15) is 30.5 Å². The number of ether oxygens (including phenoxy) is 2. The minimum atomic E-state index is -0.995. The maximum atomic E-state index is 10.8. The molecule has 0 amide bonds. The van der Waals surface area contributed by atoms with Crippen LogP contribution in [0.3, 0.4) is 0 Å². The molecule has 144 valence electrons. The van der Waals surface area contributed by atoms with E-state index in [2.05, 4.69) is 0 Å². The third-order valence-corrected chi connectivity index (χ3v) is 3.90. The summed E-state index contributed by atoms with van der Waals surface area (Å²) in [4.78, 5) is 10.4. The number of nitro groups is 1. The van der Waals surface area contributed by atoms with Crippen molar-refractivity contribution in [3.63, 3.8) is 0 Å². The number of aliphatic hydroxyl groups is 1. The lowest BCUT2D eigenvalue weighted by Crippen LogP contribution is -2.13. The van der Waals surface area contributed by atoms with Gasteiger partial charge in [0.05, 0.1) is 12.7 Å². The van der Waals surface area contributed by atoms with Crippen LogP contribution in [-0.2, 0) is 13.0 Å². The summed E-state index contributed by atoms with van der Waals surface area (Å²) in [7, 11) is 1.54. The van der Waals surface area contributed by atoms with Crippen LogP contribution in [0.2, 0.25) is 0 Å². The number of methoxy groups -OCH3 is 1. The second kappa shape index (κ2) is 9.19. The molecule has 27 heavy (non-hydrogen) atoms. The van der Waals surface area contributed by atoms with Crippen LogP contribution in [0.15, 0.2) is 48.5 Å². The van der Waals surface area contributed by atoms with Gasteiger partial charge in [0.15, 0.2) is 11.5 Å². The van der Waals surface area contributed by atoms with Gasteiger partial charge in [-0.1, -0.05) is 42.5 Å². The van der Waals surface area contributed by atoms with Gasteiger partial charge in [-0.05, 0) is 42.7 Å². The highest BCUT2D eigenvalue weighted by Crippen LogP contribution is 2.33. The molecule has 1 N–H and O–H groups in total. The van der Waals surface area contributed by atoms with Crippen LogP contribution in [0.4, 0.5) is 0 Å². The van der Waals surface area contributed by atoms with Crippen molar-refractivity contribution in [2.45, 2.75) is 32.5 Å². The number of benzene rings is 2. The van der Waals surface area contributed by atoms with E-state index in [0.717, 1.165) is 16.7 Å². The summed E-state index contributed by atoms with van der Waals surface area (Å²) in [6.07, 6.45) is 3.66. The molecule has 0 aromatic heterocycles. The lowest BCUT2D eigenvalue weighted by Gasteiger charge is -2.16. The lowest BCUT2D eigenvalue weighted by molar-refractivity contribution is -0.479. The van der Waals surface area contributed by atoms with Gasteiger partial charge < -0.3 is 14.6 Å². The molecular weight excluding hydrogens is 346 g/mol. The zero-order valence-corrected chi connectivity index (χ0v) is 15.8. The molecule has 2 aromatic carbocycles. The Morgan fingerprint density at radius 3 is 2.48 bits per heavy atom. The van der Waals surface area contributed by atoms with Gasteiger partial charge in [-0.3, -0.25) is 10.1 Å². The summed E-state index contributed by atoms with van der Waals surface area (Å²) in [6.45, 7) is 3.52. The molecule has 6 nitrogen and oxygen atoms in total. The third kappa shape index (κ3) is 6.75. The Morgan fingerprint density at radius 1 is 1.19 bits per heavy atom. The van der Waals surface area contributed by atoms with Crippen molar-refractivity contribution in [3.05, 3.63) is 75.3 Å². The summed E-state index contributed by atoms with van der Waals surface area (Å²) < 4.78 is 11.3. The van der Waals surface area contributed by atoms with Gasteiger partial charge in [0, 0.05) is 11.3 Å². The Labute approximate surface area is 159 Å². The molecule has 0 heterocycles. The van der Waals surface area contributed by atoms with E-state index in [4.69, 9.17) is 9.47 Å². The second-order valence-corrected chi connectivity index (χ2v) is 6.77. The molecule has 0 unspecified atom stereocenters. The second-order valence-electron chi connectivity index (χ2n) is 6.77.